The van der Waals surface area contributed by atoms with Crippen LogP contribution in [-0.2, 0) is 0 Å². The van der Waals surface area contributed by atoms with Crippen LogP contribution < -0.4 is 14.8 Å². The first-order valence-corrected chi connectivity index (χ1v) is 11.5. The molecule has 0 spiro atoms. The summed E-state index contributed by atoms with van der Waals surface area (Å²) in [6.07, 6.45) is 1.44. The molecule has 9 heteroatoms. The number of methoxy groups -OCH3 is 2. The zero-order chi connectivity index (χ0) is 23.9. The lowest BCUT2D eigenvalue weighted by Crippen LogP contribution is -2.12. The van der Waals surface area contributed by atoms with Gasteiger partial charge in [-0.05, 0) is 42.0 Å². The van der Waals surface area contributed by atoms with E-state index >= 15 is 0 Å². The first-order chi connectivity index (χ1) is 16.6. The Morgan fingerprint density at radius 3 is 2.21 bits per heavy atom. The quantitative estimate of drug-likeness (QED) is 0.250. The Hall–Kier alpha value is -3.62. The van der Waals surface area contributed by atoms with E-state index in [1.165, 1.54) is 6.20 Å². The van der Waals surface area contributed by atoms with Crippen molar-refractivity contribution in [2.75, 3.05) is 19.5 Å². The van der Waals surface area contributed by atoms with Crippen LogP contribution in [0.4, 0.5) is 5.69 Å². The van der Waals surface area contributed by atoms with Crippen molar-refractivity contribution in [1.29, 1.82) is 0 Å². The number of benzene rings is 2. The molecule has 0 bridgehead atoms. The lowest BCUT2D eigenvalue weighted by molar-refractivity contribution is 0.102. The number of carbonyl (C=O) groups excluding carboxylic acids is 1. The number of hydrogen-bond acceptors (Lipinski definition) is 7. The number of nitrogens with zero attached hydrogens (tertiary/aromatic N) is 3. The molecule has 0 radical (unpaired) electrons. The van der Waals surface area contributed by atoms with Crippen LogP contribution in [-0.4, -0.2) is 35.1 Å². The zero-order valence-corrected chi connectivity index (χ0v) is 20.0. The largest absolute Gasteiger partial charge is 0.481 e. The minimum absolute atomic E-state index is 0.203. The van der Waals surface area contributed by atoms with Gasteiger partial charge in [0.1, 0.15) is 5.15 Å². The number of thioether (sulfide) groups is 1. The van der Waals surface area contributed by atoms with Crippen LogP contribution in [0.3, 0.4) is 0 Å². The van der Waals surface area contributed by atoms with Gasteiger partial charge >= 0.3 is 0 Å². The van der Waals surface area contributed by atoms with Crippen LogP contribution in [0, 0.1) is 0 Å². The fourth-order valence-electron chi connectivity index (χ4n) is 3.11. The molecule has 2 aromatic heterocycles. The van der Waals surface area contributed by atoms with Gasteiger partial charge in [0.15, 0.2) is 5.82 Å². The van der Waals surface area contributed by atoms with Gasteiger partial charge in [-0.1, -0.05) is 41.9 Å². The van der Waals surface area contributed by atoms with Gasteiger partial charge in [-0.3, -0.25) is 4.79 Å². The summed E-state index contributed by atoms with van der Waals surface area (Å²) in [4.78, 5) is 26.5. The van der Waals surface area contributed by atoms with Crippen molar-refractivity contribution >= 4 is 35.0 Å². The van der Waals surface area contributed by atoms with Crippen molar-refractivity contribution in [1.82, 2.24) is 15.0 Å². The molecule has 0 unspecified atom stereocenters. The average Bonchev–Trinajstić information content (AvgIpc) is 2.88. The molecular formula is C25H21ClN4O3S. The molecule has 172 valence electrons. The third kappa shape index (κ3) is 5.84. The summed E-state index contributed by atoms with van der Waals surface area (Å²) in [6, 6.07) is 22.4. The van der Waals surface area contributed by atoms with E-state index in [1.54, 1.807) is 44.2 Å². The highest BCUT2D eigenvalue weighted by Gasteiger charge is 2.21. The topological polar surface area (TPSA) is 86.2 Å². The van der Waals surface area contributed by atoms with Crippen LogP contribution in [0.5, 0.6) is 11.8 Å². The SMILES string of the molecule is COc1cc(OC)nc([C@H](Sc2ccc(NC(=O)c3ccc(Cl)nc3)cc2)c2ccccc2)n1. The van der Waals surface area contributed by atoms with Crippen molar-refractivity contribution in [3.8, 4) is 11.8 Å². The number of pyridine rings is 1. The number of anilines is 1. The maximum atomic E-state index is 12.4. The number of carbonyl (C=O) groups is 1. The molecule has 34 heavy (non-hydrogen) atoms. The van der Waals surface area contributed by atoms with Gasteiger partial charge in [0.25, 0.3) is 5.91 Å². The Bertz CT molecular complexity index is 1230. The van der Waals surface area contributed by atoms with Gasteiger partial charge in [-0.15, -0.1) is 11.8 Å². The van der Waals surface area contributed by atoms with E-state index in [-0.39, 0.29) is 11.2 Å². The number of amides is 1. The smallest absolute Gasteiger partial charge is 0.257 e. The van der Waals surface area contributed by atoms with Crippen LogP contribution in [0.15, 0.2) is 83.9 Å². The predicted octanol–water partition coefficient (Wildman–Crippen LogP) is 5.68. The first kappa shape index (κ1) is 23.5. The second-order valence-corrected chi connectivity index (χ2v) is 8.63. The molecule has 0 aliphatic carbocycles. The molecule has 7 nitrogen and oxygen atoms in total. The number of halogens is 1. The molecule has 1 amide bonds. The summed E-state index contributed by atoms with van der Waals surface area (Å²) >= 11 is 7.38. The van der Waals surface area contributed by atoms with Crippen molar-refractivity contribution in [3.05, 3.63) is 101 Å². The number of hydrogen-bond donors (Lipinski definition) is 1. The van der Waals surface area contributed by atoms with Crippen LogP contribution in [0.1, 0.15) is 27.0 Å². The zero-order valence-electron chi connectivity index (χ0n) is 18.4. The van der Waals surface area contributed by atoms with Gasteiger partial charge in [0.2, 0.25) is 11.8 Å². The molecule has 1 N–H and O–H groups in total. The second-order valence-electron chi connectivity index (χ2n) is 7.07. The third-order valence-electron chi connectivity index (χ3n) is 4.81. The highest BCUT2D eigenvalue weighted by atomic mass is 35.5. The Labute approximate surface area is 206 Å². The van der Waals surface area contributed by atoms with Gasteiger partial charge in [0.05, 0.1) is 31.1 Å². The standard InChI is InChI=1S/C25H21ClN4O3S/c1-32-21-14-22(33-2)30-24(29-21)23(16-6-4-3-5-7-16)34-19-11-9-18(10-12-19)28-25(31)17-8-13-20(26)27-15-17/h3-15,23H,1-2H3,(H,28,31)/t23-/m1/s1. The first-order valence-electron chi connectivity index (χ1n) is 10.3. The highest BCUT2D eigenvalue weighted by Crippen LogP contribution is 2.40. The molecule has 0 saturated heterocycles. The van der Waals surface area contributed by atoms with E-state index in [4.69, 9.17) is 21.1 Å². The van der Waals surface area contributed by atoms with E-state index in [0.717, 1.165) is 10.5 Å². The summed E-state index contributed by atoms with van der Waals surface area (Å²) in [6.45, 7) is 0. The van der Waals surface area contributed by atoms with Gasteiger partial charge in [-0.2, -0.15) is 9.97 Å². The van der Waals surface area contributed by atoms with Crippen molar-refractivity contribution in [2.24, 2.45) is 0 Å². The van der Waals surface area contributed by atoms with E-state index in [1.807, 2.05) is 54.6 Å². The molecule has 0 aliphatic rings. The predicted molar refractivity (Wildman–Crippen MR) is 133 cm³/mol. The molecule has 0 fully saturated rings. The molecule has 4 aromatic rings. The molecule has 1 atom stereocenters. The number of ether oxygens (including phenoxy) is 2. The maximum Gasteiger partial charge on any atom is 0.257 e. The Kier molecular flexibility index (Phi) is 7.61. The molecule has 0 saturated carbocycles. The van der Waals surface area contributed by atoms with E-state index in [0.29, 0.717) is 34.0 Å². The van der Waals surface area contributed by atoms with Crippen LogP contribution in [0.25, 0.3) is 0 Å². The normalized spacial score (nSPS) is 11.5. The Morgan fingerprint density at radius 2 is 1.62 bits per heavy atom. The molecule has 0 aliphatic heterocycles. The van der Waals surface area contributed by atoms with E-state index in [2.05, 4.69) is 20.3 Å². The molecule has 4 rings (SSSR count). The lowest BCUT2D eigenvalue weighted by atomic mass is 10.1. The second kappa shape index (κ2) is 11.0. The van der Waals surface area contributed by atoms with Crippen LogP contribution in [0.2, 0.25) is 5.15 Å². The lowest BCUT2D eigenvalue weighted by Gasteiger charge is -2.17. The summed E-state index contributed by atoms with van der Waals surface area (Å²) < 4.78 is 10.7. The summed E-state index contributed by atoms with van der Waals surface area (Å²) in [5.74, 6) is 1.17. The Balaban J connectivity index is 1.56. The summed E-state index contributed by atoms with van der Waals surface area (Å²) in [5, 5.41) is 3.00. The average molecular weight is 493 g/mol. The van der Waals surface area contributed by atoms with Crippen molar-refractivity contribution < 1.29 is 14.3 Å². The highest BCUT2D eigenvalue weighted by molar-refractivity contribution is 7.99. The Morgan fingerprint density at radius 1 is 0.941 bits per heavy atom. The van der Waals surface area contributed by atoms with Crippen molar-refractivity contribution in [2.45, 2.75) is 10.1 Å². The number of aromatic nitrogens is 3. The number of nitrogens with one attached hydrogen (secondary N) is 1. The van der Waals surface area contributed by atoms with E-state index < -0.39 is 0 Å². The molecule has 2 aromatic carbocycles. The minimum atomic E-state index is -0.261. The summed E-state index contributed by atoms with van der Waals surface area (Å²) in [5.41, 5.74) is 2.13. The fourth-order valence-corrected chi connectivity index (χ4v) is 4.29. The monoisotopic (exact) mass is 492 g/mol. The van der Waals surface area contributed by atoms with Gasteiger partial charge < -0.3 is 14.8 Å². The van der Waals surface area contributed by atoms with Gasteiger partial charge in [-0.25, -0.2) is 4.98 Å². The van der Waals surface area contributed by atoms with Crippen molar-refractivity contribution in [3.63, 3.8) is 0 Å². The molecular weight excluding hydrogens is 472 g/mol. The summed E-state index contributed by atoms with van der Waals surface area (Å²) in [7, 11) is 3.12. The van der Waals surface area contributed by atoms with E-state index in [9.17, 15) is 4.79 Å². The fraction of sp³-hybridized carbons (Fsp3) is 0.120. The number of rotatable bonds is 8. The van der Waals surface area contributed by atoms with Gasteiger partial charge in [0, 0.05) is 16.8 Å². The minimum Gasteiger partial charge on any atom is -0.481 e. The molecule has 2 heterocycles. The van der Waals surface area contributed by atoms with Crippen LogP contribution >= 0.6 is 23.4 Å². The third-order valence-corrected chi connectivity index (χ3v) is 6.29. The maximum absolute atomic E-state index is 12.4.